The Hall–Kier alpha value is -2.70. The molecule has 0 fully saturated rings. The van der Waals surface area contributed by atoms with Crippen LogP contribution >= 0.6 is 0 Å². The summed E-state index contributed by atoms with van der Waals surface area (Å²) in [4.78, 5) is 18.3. The van der Waals surface area contributed by atoms with Gasteiger partial charge < -0.3 is 20.5 Å². The Morgan fingerprint density at radius 2 is 2.04 bits per heavy atom. The Bertz CT molecular complexity index is 851. The molecule has 2 aromatic carbocycles. The summed E-state index contributed by atoms with van der Waals surface area (Å²) in [5.41, 5.74) is 9.09. The largest absolute Gasteiger partial charge is 0.392 e. The molecule has 0 heterocycles. The van der Waals surface area contributed by atoms with Crippen LogP contribution in [-0.2, 0) is 22.6 Å². The molecule has 3 N–H and O–H groups in total. The SMILES string of the molecule is CC(=Nc1ccc2c(c1)[C@@H](C(N)=O)[C@H](O)C2)N(C)CCOCc1ccccc1. The zero-order chi connectivity index (χ0) is 20.1. The molecule has 2 aromatic rings. The van der Waals surface area contributed by atoms with E-state index >= 15 is 0 Å². The van der Waals surface area contributed by atoms with E-state index < -0.39 is 17.9 Å². The Labute approximate surface area is 165 Å². The number of nitrogens with zero attached hydrogens (tertiary/aromatic N) is 2. The summed E-state index contributed by atoms with van der Waals surface area (Å²) >= 11 is 0. The number of amidine groups is 1. The lowest BCUT2D eigenvalue weighted by molar-refractivity contribution is -0.121. The molecule has 0 spiro atoms. The van der Waals surface area contributed by atoms with Crippen molar-refractivity contribution in [2.75, 3.05) is 20.2 Å². The smallest absolute Gasteiger partial charge is 0.227 e. The molecule has 6 nitrogen and oxygen atoms in total. The molecule has 0 unspecified atom stereocenters. The van der Waals surface area contributed by atoms with Crippen molar-refractivity contribution in [1.82, 2.24) is 4.90 Å². The van der Waals surface area contributed by atoms with E-state index in [9.17, 15) is 9.90 Å². The van der Waals surface area contributed by atoms with E-state index in [0.717, 1.165) is 34.8 Å². The zero-order valence-corrected chi connectivity index (χ0v) is 16.3. The Morgan fingerprint density at radius 1 is 1.29 bits per heavy atom. The predicted molar refractivity (Wildman–Crippen MR) is 110 cm³/mol. The zero-order valence-electron chi connectivity index (χ0n) is 16.3. The minimum Gasteiger partial charge on any atom is -0.392 e. The van der Waals surface area contributed by atoms with Crippen LogP contribution in [0, 0.1) is 0 Å². The summed E-state index contributed by atoms with van der Waals surface area (Å²) in [6.07, 6.45) is -0.304. The van der Waals surface area contributed by atoms with Gasteiger partial charge in [0, 0.05) is 13.6 Å². The minimum absolute atomic E-state index is 0.449. The molecule has 1 amide bonds. The number of primary amides is 1. The summed E-state index contributed by atoms with van der Waals surface area (Å²) in [7, 11) is 1.97. The maximum absolute atomic E-state index is 11.7. The summed E-state index contributed by atoms with van der Waals surface area (Å²) in [5, 5.41) is 10.1. The molecule has 0 radical (unpaired) electrons. The molecule has 1 aliphatic rings. The number of aliphatic hydroxyl groups is 1. The first-order chi connectivity index (χ1) is 13.5. The third-order valence-electron chi connectivity index (χ3n) is 5.11. The highest BCUT2D eigenvalue weighted by atomic mass is 16.5. The summed E-state index contributed by atoms with van der Waals surface area (Å²) in [5.74, 6) is -0.316. The van der Waals surface area contributed by atoms with Gasteiger partial charge in [-0.05, 0) is 42.2 Å². The maximum atomic E-state index is 11.7. The normalized spacial score (nSPS) is 18.8. The Kier molecular flexibility index (Phi) is 6.44. The van der Waals surface area contributed by atoms with Gasteiger partial charge in [0.1, 0.15) is 5.84 Å². The molecule has 28 heavy (non-hydrogen) atoms. The van der Waals surface area contributed by atoms with E-state index in [1.807, 2.05) is 67.4 Å². The van der Waals surface area contributed by atoms with Crippen LogP contribution in [0.5, 0.6) is 0 Å². The number of rotatable bonds is 7. The first kappa shape index (κ1) is 20.0. The number of likely N-dealkylation sites (N-methyl/N-ethyl adjacent to an activating group) is 1. The number of aliphatic imine (C=N–C) groups is 1. The lowest BCUT2D eigenvalue weighted by atomic mass is 9.99. The van der Waals surface area contributed by atoms with E-state index in [1.165, 1.54) is 0 Å². The van der Waals surface area contributed by atoms with Crippen molar-refractivity contribution in [2.24, 2.45) is 10.7 Å². The van der Waals surface area contributed by atoms with E-state index in [-0.39, 0.29) is 0 Å². The number of hydrogen-bond acceptors (Lipinski definition) is 4. The number of aliphatic hydroxyl groups excluding tert-OH is 1. The lowest BCUT2D eigenvalue weighted by Gasteiger charge is -2.19. The molecule has 148 valence electrons. The fourth-order valence-corrected chi connectivity index (χ4v) is 3.42. The monoisotopic (exact) mass is 381 g/mol. The third-order valence-corrected chi connectivity index (χ3v) is 5.11. The molecule has 3 rings (SSSR count). The minimum atomic E-state index is -0.753. The standard InChI is InChI=1S/C22H27N3O3/c1-15(25(2)10-11-28-14-16-6-4-3-5-7-16)24-18-9-8-17-12-20(26)21(22(23)27)19(17)13-18/h3-9,13,20-21,26H,10-12,14H2,1-2H3,(H2,23,27)/t20-,21-/m1/s1. The van der Waals surface area contributed by atoms with Gasteiger partial charge in [0.15, 0.2) is 0 Å². The second kappa shape index (κ2) is 8.99. The molecule has 0 saturated heterocycles. The van der Waals surface area contributed by atoms with Gasteiger partial charge in [0.2, 0.25) is 5.91 Å². The lowest BCUT2D eigenvalue weighted by Crippen LogP contribution is -2.28. The number of fused-ring (bicyclic) bond motifs is 1. The fraction of sp³-hybridized carbons (Fsp3) is 0.364. The highest BCUT2D eigenvalue weighted by Gasteiger charge is 2.35. The summed E-state index contributed by atoms with van der Waals surface area (Å²) < 4.78 is 5.73. The number of carbonyl (C=O) groups is 1. The maximum Gasteiger partial charge on any atom is 0.227 e. The van der Waals surface area contributed by atoms with Crippen LogP contribution in [0.4, 0.5) is 5.69 Å². The van der Waals surface area contributed by atoms with E-state index in [4.69, 9.17) is 10.5 Å². The van der Waals surface area contributed by atoms with E-state index in [0.29, 0.717) is 19.6 Å². The number of ether oxygens (including phenoxy) is 1. The second-order valence-corrected chi connectivity index (χ2v) is 7.15. The first-order valence-corrected chi connectivity index (χ1v) is 9.44. The Morgan fingerprint density at radius 3 is 2.75 bits per heavy atom. The van der Waals surface area contributed by atoms with Gasteiger partial charge >= 0.3 is 0 Å². The van der Waals surface area contributed by atoms with Crippen LogP contribution in [0.15, 0.2) is 53.5 Å². The molecule has 0 aromatic heterocycles. The molecule has 6 heteroatoms. The topological polar surface area (TPSA) is 88.1 Å². The molecule has 1 aliphatic carbocycles. The van der Waals surface area contributed by atoms with Crippen molar-refractivity contribution in [1.29, 1.82) is 0 Å². The van der Waals surface area contributed by atoms with Crippen LogP contribution in [0.3, 0.4) is 0 Å². The first-order valence-electron chi connectivity index (χ1n) is 9.44. The van der Waals surface area contributed by atoms with Gasteiger partial charge in [0.25, 0.3) is 0 Å². The summed E-state index contributed by atoms with van der Waals surface area (Å²) in [6, 6.07) is 15.7. The molecule has 2 atom stereocenters. The number of amides is 1. The van der Waals surface area contributed by atoms with Gasteiger partial charge in [-0.2, -0.15) is 0 Å². The van der Waals surface area contributed by atoms with Crippen LogP contribution in [0.25, 0.3) is 0 Å². The molecular weight excluding hydrogens is 354 g/mol. The van der Waals surface area contributed by atoms with Gasteiger partial charge in [-0.25, -0.2) is 4.99 Å². The number of benzene rings is 2. The van der Waals surface area contributed by atoms with Crippen molar-refractivity contribution in [3.05, 3.63) is 65.2 Å². The van der Waals surface area contributed by atoms with Crippen LogP contribution in [0.2, 0.25) is 0 Å². The molecular formula is C22H27N3O3. The second-order valence-electron chi connectivity index (χ2n) is 7.15. The van der Waals surface area contributed by atoms with Crippen molar-refractivity contribution in [3.8, 4) is 0 Å². The van der Waals surface area contributed by atoms with Crippen molar-refractivity contribution in [2.45, 2.75) is 32.0 Å². The predicted octanol–water partition coefficient (Wildman–Crippen LogP) is 2.37. The average molecular weight is 381 g/mol. The highest BCUT2D eigenvalue weighted by Crippen LogP contribution is 2.35. The van der Waals surface area contributed by atoms with Crippen LogP contribution in [-0.4, -0.2) is 48.1 Å². The van der Waals surface area contributed by atoms with Crippen molar-refractivity contribution >= 4 is 17.4 Å². The van der Waals surface area contributed by atoms with Crippen molar-refractivity contribution < 1.29 is 14.6 Å². The van der Waals surface area contributed by atoms with Gasteiger partial charge in [-0.15, -0.1) is 0 Å². The average Bonchev–Trinajstić information content (AvgIpc) is 3.01. The number of carbonyl (C=O) groups excluding carboxylic acids is 1. The number of hydrogen-bond donors (Lipinski definition) is 2. The number of nitrogens with two attached hydrogens (primary N) is 1. The van der Waals surface area contributed by atoms with E-state index in [1.54, 1.807) is 0 Å². The van der Waals surface area contributed by atoms with Gasteiger partial charge in [-0.3, -0.25) is 4.79 Å². The Balaban J connectivity index is 1.58. The molecule has 0 saturated carbocycles. The fourth-order valence-electron chi connectivity index (χ4n) is 3.42. The summed E-state index contributed by atoms with van der Waals surface area (Å²) in [6.45, 7) is 3.84. The third kappa shape index (κ3) is 4.77. The van der Waals surface area contributed by atoms with Gasteiger partial charge in [-0.1, -0.05) is 36.4 Å². The molecule has 0 bridgehead atoms. The molecule has 0 aliphatic heterocycles. The van der Waals surface area contributed by atoms with Gasteiger partial charge in [0.05, 0.1) is 30.9 Å². The highest BCUT2D eigenvalue weighted by molar-refractivity contribution is 5.85. The van der Waals surface area contributed by atoms with Crippen LogP contribution < -0.4 is 5.73 Å². The quantitative estimate of drug-likeness (QED) is 0.438. The van der Waals surface area contributed by atoms with E-state index in [2.05, 4.69) is 4.99 Å². The van der Waals surface area contributed by atoms with Crippen LogP contribution in [0.1, 0.15) is 29.5 Å². The van der Waals surface area contributed by atoms with Crippen molar-refractivity contribution in [3.63, 3.8) is 0 Å².